The fourth-order valence-electron chi connectivity index (χ4n) is 5.30. The Morgan fingerprint density at radius 2 is 1.61 bits per heavy atom. The van der Waals surface area contributed by atoms with Gasteiger partial charge in [0.25, 0.3) is 5.91 Å². The number of benzene rings is 3. The molecule has 5 nitrogen and oxygen atoms in total. The van der Waals surface area contributed by atoms with Crippen LogP contribution >= 0.6 is 0 Å². The number of ether oxygens (including phenoxy) is 1. The summed E-state index contributed by atoms with van der Waals surface area (Å²) in [6, 6.07) is 21.7. The van der Waals surface area contributed by atoms with Gasteiger partial charge in [0, 0.05) is 19.0 Å². The number of nitrogens with zero attached hydrogens (tertiary/aromatic N) is 1. The zero-order valence-electron chi connectivity index (χ0n) is 23.1. The molecule has 1 N–H and O–H groups in total. The van der Waals surface area contributed by atoms with Crippen molar-refractivity contribution in [3.05, 3.63) is 100 Å². The Bertz CT molecular complexity index is 1250. The van der Waals surface area contributed by atoms with E-state index in [9.17, 15) is 9.59 Å². The number of rotatable bonds is 10. The Morgan fingerprint density at radius 3 is 2.32 bits per heavy atom. The average Bonchev–Trinajstić information content (AvgIpc) is 3.41. The summed E-state index contributed by atoms with van der Waals surface area (Å²) in [5.41, 5.74) is 6.37. The zero-order valence-corrected chi connectivity index (χ0v) is 23.1. The minimum atomic E-state index is -0.644. The minimum Gasteiger partial charge on any atom is -0.483 e. The third kappa shape index (κ3) is 7.25. The van der Waals surface area contributed by atoms with Gasteiger partial charge in [-0.15, -0.1) is 0 Å². The van der Waals surface area contributed by atoms with E-state index in [0.717, 1.165) is 59.1 Å². The third-order valence-electron chi connectivity index (χ3n) is 7.52. The van der Waals surface area contributed by atoms with Crippen LogP contribution < -0.4 is 10.1 Å². The van der Waals surface area contributed by atoms with E-state index in [2.05, 4.69) is 17.4 Å². The van der Waals surface area contributed by atoms with Gasteiger partial charge in [0.15, 0.2) is 6.61 Å². The second kappa shape index (κ2) is 12.8. The van der Waals surface area contributed by atoms with Crippen molar-refractivity contribution in [2.24, 2.45) is 0 Å². The van der Waals surface area contributed by atoms with Crippen LogP contribution in [-0.4, -0.2) is 35.4 Å². The minimum absolute atomic E-state index is 0.0932. The standard InChI is InChI=1S/C33H40N2O3/c1-23-11-10-14-28(18-23)21-35(32(36)22-38-31-19-24(2)17-25(3)26(31)4)30(20-27-12-6-5-7-13-27)33(37)34-29-15-8-9-16-29/h5-7,10-14,17-19,29-30H,8-9,15-16,20-22H2,1-4H3,(H,34,37)/t30-/m0/s1. The van der Waals surface area contributed by atoms with Crippen LogP contribution in [0, 0.1) is 27.7 Å². The van der Waals surface area contributed by atoms with Crippen LogP contribution in [0.15, 0.2) is 66.7 Å². The monoisotopic (exact) mass is 512 g/mol. The van der Waals surface area contributed by atoms with Crippen LogP contribution in [-0.2, 0) is 22.6 Å². The van der Waals surface area contributed by atoms with Crippen molar-refractivity contribution in [1.29, 1.82) is 0 Å². The first-order valence-electron chi connectivity index (χ1n) is 13.7. The summed E-state index contributed by atoms with van der Waals surface area (Å²) >= 11 is 0. The van der Waals surface area contributed by atoms with Gasteiger partial charge in [0.05, 0.1) is 0 Å². The molecule has 0 heterocycles. The third-order valence-corrected chi connectivity index (χ3v) is 7.52. The molecule has 1 saturated carbocycles. The van der Waals surface area contributed by atoms with Crippen molar-refractivity contribution >= 4 is 11.8 Å². The Kier molecular flexibility index (Phi) is 9.22. The van der Waals surface area contributed by atoms with E-state index >= 15 is 0 Å². The van der Waals surface area contributed by atoms with Crippen LogP contribution in [0.1, 0.15) is 59.1 Å². The van der Waals surface area contributed by atoms with Crippen molar-refractivity contribution in [2.75, 3.05) is 6.61 Å². The second-order valence-electron chi connectivity index (χ2n) is 10.7. The zero-order chi connectivity index (χ0) is 27.1. The van der Waals surface area contributed by atoms with Gasteiger partial charge < -0.3 is 15.0 Å². The first-order chi connectivity index (χ1) is 18.3. The quantitative estimate of drug-likeness (QED) is 0.363. The van der Waals surface area contributed by atoms with Gasteiger partial charge in [-0.25, -0.2) is 0 Å². The normalized spacial score (nSPS) is 14.2. The molecule has 1 atom stereocenters. The average molecular weight is 513 g/mol. The molecular weight excluding hydrogens is 472 g/mol. The fraction of sp³-hybridized carbons (Fsp3) is 0.394. The van der Waals surface area contributed by atoms with Gasteiger partial charge in [-0.1, -0.05) is 79.1 Å². The Balaban J connectivity index is 1.63. The van der Waals surface area contributed by atoms with Gasteiger partial charge in [-0.3, -0.25) is 9.59 Å². The molecule has 200 valence electrons. The number of carbonyl (C=O) groups excluding carboxylic acids is 2. The van der Waals surface area contributed by atoms with Crippen molar-refractivity contribution in [3.63, 3.8) is 0 Å². The number of nitrogens with one attached hydrogen (secondary N) is 1. The lowest BCUT2D eigenvalue weighted by Crippen LogP contribution is -2.53. The molecule has 0 spiro atoms. The number of hydrogen-bond acceptors (Lipinski definition) is 3. The topological polar surface area (TPSA) is 58.6 Å². The van der Waals surface area contributed by atoms with E-state index in [-0.39, 0.29) is 24.5 Å². The highest BCUT2D eigenvalue weighted by molar-refractivity contribution is 5.88. The Hall–Kier alpha value is -3.60. The largest absolute Gasteiger partial charge is 0.483 e. The molecule has 3 aromatic carbocycles. The van der Waals surface area contributed by atoms with Crippen LogP contribution in [0.5, 0.6) is 5.75 Å². The van der Waals surface area contributed by atoms with Crippen LogP contribution in [0.3, 0.4) is 0 Å². The second-order valence-corrected chi connectivity index (χ2v) is 10.7. The molecule has 0 aliphatic heterocycles. The van der Waals surface area contributed by atoms with Crippen LogP contribution in [0.2, 0.25) is 0 Å². The highest BCUT2D eigenvalue weighted by Gasteiger charge is 2.32. The number of hydrogen-bond donors (Lipinski definition) is 1. The van der Waals surface area contributed by atoms with Crippen molar-refractivity contribution in [1.82, 2.24) is 10.2 Å². The maximum Gasteiger partial charge on any atom is 0.261 e. The van der Waals surface area contributed by atoms with Gasteiger partial charge in [-0.2, -0.15) is 0 Å². The van der Waals surface area contributed by atoms with E-state index in [4.69, 9.17) is 4.74 Å². The summed E-state index contributed by atoms with van der Waals surface area (Å²) in [6.45, 7) is 8.32. The maximum absolute atomic E-state index is 13.9. The number of aryl methyl sites for hydroxylation is 3. The molecule has 1 fully saturated rings. The fourth-order valence-corrected chi connectivity index (χ4v) is 5.30. The van der Waals surface area contributed by atoms with Crippen molar-refractivity contribution < 1.29 is 14.3 Å². The molecule has 1 aliphatic carbocycles. The molecule has 38 heavy (non-hydrogen) atoms. The molecule has 0 bridgehead atoms. The summed E-state index contributed by atoms with van der Waals surface area (Å²) in [5.74, 6) is 0.415. The molecule has 0 unspecified atom stereocenters. The predicted octanol–water partition coefficient (Wildman–Crippen LogP) is 6.00. The van der Waals surface area contributed by atoms with Crippen LogP contribution in [0.4, 0.5) is 0 Å². The Morgan fingerprint density at radius 1 is 0.895 bits per heavy atom. The first-order valence-corrected chi connectivity index (χ1v) is 13.7. The summed E-state index contributed by atoms with van der Waals surface area (Å²) in [4.78, 5) is 29.4. The SMILES string of the molecule is Cc1cccc(CN(C(=O)COc2cc(C)cc(C)c2C)[C@@H](Cc2ccccc2)C(=O)NC2CCCC2)c1. The van der Waals surface area contributed by atoms with E-state index in [1.165, 1.54) is 0 Å². The van der Waals surface area contributed by atoms with Gasteiger partial charge >= 0.3 is 0 Å². The summed E-state index contributed by atoms with van der Waals surface area (Å²) in [6.07, 6.45) is 4.68. The van der Waals surface area contributed by atoms with E-state index < -0.39 is 6.04 Å². The molecule has 0 aromatic heterocycles. The van der Waals surface area contributed by atoms with Crippen molar-refractivity contribution in [2.45, 2.75) is 78.4 Å². The maximum atomic E-state index is 13.9. The van der Waals surface area contributed by atoms with E-state index in [1.54, 1.807) is 4.90 Å². The smallest absolute Gasteiger partial charge is 0.261 e. The molecule has 4 rings (SSSR count). The molecule has 0 radical (unpaired) electrons. The lowest BCUT2D eigenvalue weighted by atomic mass is 10.0. The summed E-state index contributed by atoms with van der Waals surface area (Å²) < 4.78 is 6.09. The van der Waals surface area contributed by atoms with Crippen LogP contribution in [0.25, 0.3) is 0 Å². The van der Waals surface area contributed by atoms with Gasteiger partial charge in [0.1, 0.15) is 11.8 Å². The highest BCUT2D eigenvalue weighted by Crippen LogP contribution is 2.24. The van der Waals surface area contributed by atoms with Gasteiger partial charge in [0.2, 0.25) is 5.91 Å². The van der Waals surface area contributed by atoms with E-state index in [1.807, 2.05) is 82.3 Å². The molecule has 5 heteroatoms. The van der Waals surface area contributed by atoms with Crippen molar-refractivity contribution in [3.8, 4) is 5.75 Å². The molecule has 1 aliphatic rings. The molecule has 3 aromatic rings. The summed E-state index contributed by atoms with van der Waals surface area (Å²) in [5, 5.41) is 3.26. The lowest BCUT2D eigenvalue weighted by molar-refractivity contribution is -0.143. The number of carbonyl (C=O) groups is 2. The first kappa shape index (κ1) is 27.4. The van der Waals surface area contributed by atoms with E-state index in [0.29, 0.717) is 18.7 Å². The van der Waals surface area contributed by atoms with Gasteiger partial charge in [-0.05, 0) is 74.4 Å². The lowest BCUT2D eigenvalue weighted by Gasteiger charge is -2.32. The predicted molar refractivity (Wildman–Crippen MR) is 152 cm³/mol. The Labute approximate surface area is 227 Å². The molecule has 2 amide bonds. The highest BCUT2D eigenvalue weighted by atomic mass is 16.5. The number of amides is 2. The summed E-state index contributed by atoms with van der Waals surface area (Å²) in [7, 11) is 0. The molecular formula is C33H40N2O3. The molecule has 0 saturated heterocycles.